The minimum absolute atomic E-state index is 0.0523. The molecule has 0 radical (unpaired) electrons. The lowest BCUT2D eigenvalue weighted by Gasteiger charge is -2.46. The Balaban J connectivity index is 0.932. The molecular formula is C56H60N2. The third-order valence-electron chi connectivity index (χ3n) is 15.2. The minimum atomic E-state index is 0.0523. The molecule has 2 aliphatic carbocycles. The number of nitrogens with zero attached hydrogens (tertiary/aromatic N) is 2. The van der Waals surface area contributed by atoms with Crippen LogP contribution < -0.4 is 9.80 Å². The lowest BCUT2D eigenvalue weighted by Crippen LogP contribution is -2.52. The van der Waals surface area contributed by atoms with Gasteiger partial charge in [-0.1, -0.05) is 150 Å². The normalized spacial score (nSPS) is 22.9. The Morgan fingerprint density at radius 1 is 0.500 bits per heavy atom. The largest absolute Gasteiger partial charge is 0.335 e. The Hall–Kier alpha value is -5.08. The Morgan fingerprint density at radius 3 is 1.71 bits per heavy atom. The maximum absolute atomic E-state index is 2.70. The van der Waals surface area contributed by atoms with Crippen molar-refractivity contribution >= 4 is 22.7 Å². The van der Waals surface area contributed by atoms with Crippen LogP contribution in [-0.4, -0.2) is 11.1 Å². The van der Waals surface area contributed by atoms with Gasteiger partial charge in [0.1, 0.15) is 0 Å². The van der Waals surface area contributed by atoms with Crippen LogP contribution in [0.5, 0.6) is 0 Å². The van der Waals surface area contributed by atoms with Crippen LogP contribution in [0.4, 0.5) is 22.7 Å². The highest BCUT2D eigenvalue weighted by molar-refractivity contribution is 5.85. The van der Waals surface area contributed by atoms with Crippen molar-refractivity contribution in [2.24, 2.45) is 0 Å². The van der Waals surface area contributed by atoms with Crippen LogP contribution in [0, 0.1) is 0 Å². The van der Waals surface area contributed by atoms with Gasteiger partial charge in [-0.25, -0.2) is 0 Å². The molecule has 58 heavy (non-hydrogen) atoms. The van der Waals surface area contributed by atoms with Crippen molar-refractivity contribution in [2.45, 2.75) is 128 Å². The minimum Gasteiger partial charge on any atom is -0.335 e. The van der Waals surface area contributed by atoms with Crippen molar-refractivity contribution in [1.82, 2.24) is 0 Å². The van der Waals surface area contributed by atoms with E-state index in [0.717, 1.165) is 12.8 Å². The Kier molecular flexibility index (Phi) is 9.39. The molecule has 0 saturated heterocycles. The Morgan fingerprint density at radius 2 is 1.05 bits per heavy atom. The van der Waals surface area contributed by atoms with E-state index in [-0.39, 0.29) is 16.5 Å². The van der Waals surface area contributed by atoms with Gasteiger partial charge in [0.15, 0.2) is 0 Å². The third kappa shape index (κ3) is 6.04. The zero-order valence-corrected chi connectivity index (χ0v) is 35.3. The molecule has 10 rings (SSSR count). The average Bonchev–Trinajstić information content (AvgIpc) is 3.78. The molecule has 2 heterocycles. The van der Waals surface area contributed by atoms with Gasteiger partial charge in [-0.05, 0) is 150 Å². The van der Waals surface area contributed by atoms with Gasteiger partial charge < -0.3 is 9.80 Å². The summed E-state index contributed by atoms with van der Waals surface area (Å²) in [5.74, 6) is 0. The molecule has 0 spiro atoms. The molecule has 6 aromatic rings. The van der Waals surface area contributed by atoms with E-state index in [1.807, 2.05) is 0 Å². The number of para-hydroxylation sites is 2. The molecule has 0 N–H and O–H groups in total. The summed E-state index contributed by atoms with van der Waals surface area (Å²) in [4.78, 5) is 5.35. The molecule has 4 aliphatic rings. The van der Waals surface area contributed by atoms with Gasteiger partial charge in [-0.3, -0.25) is 0 Å². The molecule has 0 amide bonds. The molecule has 6 aromatic carbocycles. The maximum atomic E-state index is 2.70. The number of rotatable bonds is 10. The topological polar surface area (TPSA) is 6.48 Å². The molecule has 2 aliphatic heterocycles. The Bertz CT molecular complexity index is 2470. The van der Waals surface area contributed by atoms with Crippen LogP contribution in [0.1, 0.15) is 121 Å². The van der Waals surface area contributed by atoms with Gasteiger partial charge >= 0.3 is 0 Å². The molecule has 0 aromatic heterocycles. The molecule has 3 atom stereocenters. The van der Waals surface area contributed by atoms with Gasteiger partial charge in [0.2, 0.25) is 0 Å². The SMILES string of the molecule is CCCCCCCC1(C)Cc2cc(-c3ccc4c(c3)Cc3cc(-c5ccc6c(c5)C5(C)CCCCCC5(C)N6c5ccccc5)ccc3-4)ccc2N1c1ccccc1. The van der Waals surface area contributed by atoms with Crippen LogP contribution >= 0.6 is 0 Å². The highest BCUT2D eigenvalue weighted by Gasteiger charge is 2.56. The van der Waals surface area contributed by atoms with E-state index in [1.165, 1.54) is 149 Å². The predicted octanol–water partition coefficient (Wildman–Crippen LogP) is 15.5. The van der Waals surface area contributed by atoms with Gasteiger partial charge in [0, 0.05) is 33.7 Å². The summed E-state index contributed by atoms with van der Waals surface area (Å²) in [5.41, 5.74) is 19.7. The van der Waals surface area contributed by atoms with E-state index in [2.05, 4.69) is 171 Å². The number of anilines is 4. The second kappa shape index (κ2) is 14.6. The summed E-state index contributed by atoms with van der Waals surface area (Å²) in [5, 5.41) is 0. The molecular weight excluding hydrogens is 701 g/mol. The molecule has 2 nitrogen and oxygen atoms in total. The predicted molar refractivity (Wildman–Crippen MR) is 247 cm³/mol. The van der Waals surface area contributed by atoms with Gasteiger partial charge in [0.25, 0.3) is 0 Å². The number of hydrogen-bond donors (Lipinski definition) is 0. The number of hydrogen-bond acceptors (Lipinski definition) is 2. The second-order valence-electron chi connectivity index (χ2n) is 18.8. The van der Waals surface area contributed by atoms with Crippen molar-refractivity contribution in [3.8, 4) is 33.4 Å². The standard InChI is InChI=1S/C56H60N2/c1-5-6-7-8-16-31-54(2)39-46-36-42(25-29-52(46)57(54)47-19-12-9-13-20-47)40-23-27-49-44(34-40)37-45-35-41(24-28-50(45)49)43-26-30-53-51(38-43)55(3)32-17-11-18-33-56(55,4)58(53)48-21-14-10-15-22-48/h9-10,12-15,19-30,34-36,38H,5-8,11,16-18,31-33,37,39H2,1-4H3. The molecule has 1 fully saturated rings. The first-order valence-corrected chi connectivity index (χ1v) is 22.5. The van der Waals surface area contributed by atoms with Crippen molar-refractivity contribution in [3.63, 3.8) is 0 Å². The monoisotopic (exact) mass is 760 g/mol. The van der Waals surface area contributed by atoms with Crippen molar-refractivity contribution in [2.75, 3.05) is 9.80 Å². The van der Waals surface area contributed by atoms with Crippen molar-refractivity contribution in [1.29, 1.82) is 0 Å². The number of benzene rings is 6. The van der Waals surface area contributed by atoms with Crippen LogP contribution in [0.2, 0.25) is 0 Å². The van der Waals surface area contributed by atoms with Crippen LogP contribution in [0.25, 0.3) is 33.4 Å². The molecule has 1 saturated carbocycles. The fraction of sp³-hybridized carbons (Fsp3) is 0.357. The fourth-order valence-corrected chi connectivity index (χ4v) is 11.9. The van der Waals surface area contributed by atoms with Crippen LogP contribution in [-0.2, 0) is 18.3 Å². The van der Waals surface area contributed by atoms with Crippen molar-refractivity contribution in [3.05, 3.63) is 156 Å². The third-order valence-corrected chi connectivity index (χ3v) is 15.2. The molecule has 0 bridgehead atoms. The van der Waals surface area contributed by atoms with Crippen molar-refractivity contribution < 1.29 is 0 Å². The Labute approximate surface area is 348 Å². The van der Waals surface area contributed by atoms with Gasteiger partial charge in [0.05, 0.1) is 5.54 Å². The van der Waals surface area contributed by atoms with Crippen LogP contribution in [0.3, 0.4) is 0 Å². The van der Waals surface area contributed by atoms with E-state index in [0.29, 0.717) is 0 Å². The van der Waals surface area contributed by atoms with E-state index >= 15 is 0 Å². The van der Waals surface area contributed by atoms with Gasteiger partial charge in [-0.2, -0.15) is 0 Å². The highest BCUT2D eigenvalue weighted by atomic mass is 15.3. The lowest BCUT2D eigenvalue weighted by atomic mass is 9.66. The first kappa shape index (κ1) is 37.2. The molecule has 2 heteroatoms. The first-order chi connectivity index (χ1) is 28.3. The highest BCUT2D eigenvalue weighted by Crippen LogP contribution is 2.60. The average molecular weight is 761 g/mol. The summed E-state index contributed by atoms with van der Waals surface area (Å²) in [6, 6.07) is 51.4. The summed E-state index contributed by atoms with van der Waals surface area (Å²) in [7, 11) is 0. The first-order valence-electron chi connectivity index (χ1n) is 22.5. The summed E-state index contributed by atoms with van der Waals surface area (Å²) in [6.45, 7) is 9.91. The summed E-state index contributed by atoms with van der Waals surface area (Å²) >= 11 is 0. The number of fused-ring (bicyclic) bond motifs is 7. The molecule has 3 unspecified atom stereocenters. The van der Waals surface area contributed by atoms with E-state index in [1.54, 1.807) is 0 Å². The molecule has 294 valence electrons. The summed E-state index contributed by atoms with van der Waals surface area (Å²) < 4.78 is 0. The lowest BCUT2D eigenvalue weighted by molar-refractivity contribution is 0.261. The van der Waals surface area contributed by atoms with Gasteiger partial charge in [-0.15, -0.1) is 0 Å². The van der Waals surface area contributed by atoms with E-state index in [9.17, 15) is 0 Å². The second-order valence-corrected chi connectivity index (χ2v) is 18.8. The zero-order chi connectivity index (χ0) is 39.5. The quantitative estimate of drug-likeness (QED) is 0.128. The van der Waals surface area contributed by atoms with E-state index < -0.39 is 0 Å². The zero-order valence-electron chi connectivity index (χ0n) is 35.3. The summed E-state index contributed by atoms with van der Waals surface area (Å²) in [6.07, 6.45) is 16.3. The smallest absolute Gasteiger partial charge is 0.0517 e. The fourth-order valence-electron chi connectivity index (χ4n) is 11.9. The number of unbranched alkanes of at least 4 members (excludes halogenated alkanes) is 4. The maximum Gasteiger partial charge on any atom is 0.0517 e. The van der Waals surface area contributed by atoms with E-state index in [4.69, 9.17) is 0 Å². The van der Waals surface area contributed by atoms with Crippen LogP contribution in [0.15, 0.2) is 133 Å².